The second-order valence-electron chi connectivity index (χ2n) is 2.93. The second-order valence-corrected chi connectivity index (χ2v) is 2.93. The summed E-state index contributed by atoms with van der Waals surface area (Å²) >= 11 is 0. The predicted molar refractivity (Wildman–Crippen MR) is 51.6 cm³/mol. The number of rotatable bonds is 6. The van der Waals surface area contributed by atoms with Gasteiger partial charge in [0, 0.05) is 0 Å². The molecule has 1 N–H and O–H groups in total. The first kappa shape index (κ1) is 12.7. The fourth-order valence-electron chi connectivity index (χ4n) is 0.917. The van der Waals surface area contributed by atoms with E-state index >= 15 is 0 Å². The van der Waals surface area contributed by atoms with Crippen LogP contribution in [0.2, 0.25) is 0 Å². The molecule has 0 saturated carbocycles. The number of carbonyl (C=O) groups is 2. The van der Waals surface area contributed by atoms with Gasteiger partial charge in [0.05, 0.1) is 6.26 Å². The Kier molecular flexibility index (Phi) is 7.50. The summed E-state index contributed by atoms with van der Waals surface area (Å²) in [5, 5.41) is 8.15. The van der Waals surface area contributed by atoms with Gasteiger partial charge in [0.2, 0.25) is 0 Å². The largest absolute Gasteiger partial charge is 0.473 e. The van der Waals surface area contributed by atoms with Crippen molar-refractivity contribution in [2.75, 3.05) is 0 Å². The molecule has 0 aliphatic rings. The summed E-state index contributed by atoms with van der Waals surface area (Å²) in [5.41, 5.74) is 0. The highest BCUT2D eigenvalue weighted by Crippen LogP contribution is 2.02. The molecule has 0 spiro atoms. The Hall–Kier alpha value is -1.32. The lowest BCUT2D eigenvalue weighted by atomic mass is 10.1. The van der Waals surface area contributed by atoms with E-state index in [1.165, 1.54) is 12.8 Å². The maximum absolute atomic E-state index is 10.4. The van der Waals surface area contributed by atoms with Gasteiger partial charge in [-0.05, 0) is 18.9 Å². The summed E-state index contributed by atoms with van der Waals surface area (Å²) < 4.78 is 4.29. The van der Waals surface area contributed by atoms with Crippen molar-refractivity contribution >= 4 is 11.9 Å². The van der Waals surface area contributed by atoms with Gasteiger partial charge in [-0.1, -0.05) is 26.2 Å². The SMILES string of the molecule is CCCCCCC=COC(=O)C(=O)O. The summed E-state index contributed by atoms with van der Waals surface area (Å²) in [7, 11) is 0. The Bertz CT molecular complexity index is 208. The molecule has 4 nitrogen and oxygen atoms in total. The smallest absolute Gasteiger partial charge is 0.422 e. The van der Waals surface area contributed by atoms with Crippen molar-refractivity contribution < 1.29 is 19.4 Å². The molecule has 0 saturated heterocycles. The lowest BCUT2D eigenvalue weighted by Crippen LogP contribution is -2.13. The summed E-state index contributed by atoms with van der Waals surface area (Å²) in [6.45, 7) is 2.13. The number of hydrogen-bond donors (Lipinski definition) is 1. The molecule has 0 rings (SSSR count). The van der Waals surface area contributed by atoms with Gasteiger partial charge < -0.3 is 9.84 Å². The molecule has 80 valence electrons. The lowest BCUT2D eigenvalue weighted by molar-refractivity contribution is -0.160. The van der Waals surface area contributed by atoms with Gasteiger partial charge in [0.1, 0.15) is 0 Å². The number of carbonyl (C=O) groups excluding carboxylic acids is 1. The molecule has 0 unspecified atom stereocenters. The summed E-state index contributed by atoms with van der Waals surface area (Å²) in [6, 6.07) is 0. The Morgan fingerprint density at radius 1 is 1.29 bits per heavy atom. The van der Waals surface area contributed by atoms with E-state index in [2.05, 4.69) is 11.7 Å². The molecule has 0 fully saturated rings. The molecule has 0 aliphatic carbocycles. The average molecular weight is 200 g/mol. The molecule has 0 aliphatic heterocycles. The summed E-state index contributed by atoms with van der Waals surface area (Å²) in [6.07, 6.45) is 8.18. The summed E-state index contributed by atoms with van der Waals surface area (Å²) in [5.74, 6) is -2.81. The Morgan fingerprint density at radius 3 is 2.57 bits per heavy atom. The maximum Gasteiger partial charge on any atom is 0.422 e. The van der Waals surface area contributed by atoms with Crippen molar-refractivity contribution in [2.24, 2.45) is 0 Å². The van der Waals surface area contributed by atoms with Crippen LogP contribution >= 0.6 is 0 Å². The maximum atomic E-state index is 10.4. The third-order valence-electron chi connectivity index (χ3n) is 1.67. The number of allylic oxidation sites excluding steroid dienone is 1. The Labute approximate surface area is 83.6 Å². The normalized spacial score (nSPS) is 10.4. The van der Waals surface area contributed by atoms with Gasteiger partial charge in [-0.15, -0.1) is 0 Å². The molecule has 0 radical (unpaired) electrons. The zero-order valence-electron chi connectivity index (χ0n) is 8.36. The first-order chi connectivity index (χ1) is 6.68. The lowest BCUT2D eigenvalue weighted by Gasteiger charge is -1.94. The highest BCUT2D eigenvalue weighted by molar-refractivity contribution is 6.28. The number of carboxylic acid groups (broad SMARTS) is 1. The molecule has 14 heavy (non-hydrogen) atoms. The number of aliphatic carboxylic acids is 1. The van der Waals surface area contributed by atoms with Gasteiger partial charge in [-0.3, -0.25) is 0 Å². The first-order valence-electron chi connectivity index (χ1n) is 4.77. The summed E-state index contributed by atoms with van der Waals surface area (Å²) in [4.78, 5) is 20.4. The van der Waals surface area contributed by atoms with Crippen LogP contribution in [0.25, 0.3) is 0 Å². The van der Waals surface area contributed by atoms with E-state index in [-0.39, 0.29) is 0 Å². The van der Waals surface area contributed by atoms with E-state index in [0.717, 1.165) is 25.5 Å². The predicted octanol–water partition coefficient (Wildman–Crippen LogP) is 2.10. The van der Waals surface area contributed by atoms with Gasteiger partial charge in [0.25, 0.3) is 0 Å². The second kappa shape index (κ2) is 8.29. The van der Waals surface area contributed by atoms with Crippen LogP contribution in [0.5, 0.6) is 0 Å². The van der Waals surface area contributed by atoms with Crippen molar-refractivity contribution in [3.63, 3.8) is 0 Å². The average Bonchev–Trinajstić information content (AvgIpc) is 2.16. The molecular formula is C10H16O4. The molecule has 4 heteroatoms. The quantitative estimate of drug-likeness (QED) is 0.308. The van der Waals surface area contributed by atoms with Crippen LogP contribution in [-0.4, -0.2) is 17.0 Å². The number of carboxylic acids is 1. The van der Waals surface area contributed by atoms with Gasteiger partial charge in [-0.25, -0.2) is 9.59 Å². The zero-order chi connectivity index (χ0) is 10.8. The molecule has 0 atom stereocenters. The molecule has 0 bridgehead atoms. The van der Waals surface area contributed by atoms with Crippen LogP contribution in [0.1, 0.15) is 39.0 Å². The third kappa shape index (κ3) is 7.34. The van der Waals surface area contributed by atoms with E-state index in [1.807, 2.05) is 0 Å². The van der Waals surface area contributed by atoms with Crippen LogP contribution in [0.4, 0.5) is 0 Å². The van der Waals surface area contributed by atoms with E-state index in [1.54, 1.807) is 6.08 Å². The van der Waals surface area contributed by atoms with E-state index < -0.39 is 11.9 Å². The molecule has 0 heterocycles. The Balaban J connectivity index is 3.36. The van der Waals surface area contributed by atoms with Crippen molar-refractivity contribution in [3.8, 4) is 0 Å². The fourth-order valence-corrected chi connectivity index (χ4v) is 0.917. The number of hydrogen-bond acceptors (Lipinski definition) is 3. The fraction of sp³-hybridized carbons (Fsp3) is 0.600. The van der Waals surface area contributed by atoms with Crippen LogP contribution in [0, 0.1) is 0 Å². The van der Waals surface area contributed by atoms with E-state index in [9.17, 15) is 9.59 Å². The number of ether oxygens (including phenoxy) is 1. The number of unbranched alkanes of at least 4 members (excludes halogenated alkanes) is 4. The number of esters is 1. The standard InChI is InChI=1S/C10H16O4/c1-2-3-4-5-6-7-8-14-10(13)9(11)12/h7-8H,2-6H2,1H3,(H,11,12). The highest BCUT2D eigenvalue weighted by Gasteiger charge is 2.10. The zero-order valence-corrected chi connectivity index (χ0v) is 8.36. The van der Waals surface area contributed by atoms with E-state index in [0.29, 0.717) is 0 Å². The van der Waals surface area contributed by atoms with Crippen molar-refractivity contribution in [3.05, 3.63) is 12.3 Å². The van der Waals surface area contributed by atoms with Crippen LogP contribution < -0.4 is 0 Å². The van der Waals surface area contributed by atoms with Crippen LogP contribution in [-0.2, 0) is 14.3 Å². The van der Waals surface area contributed by atoms with E-state index in [4.69, 9.17) is 5.11 Å². The van der Waals surface area contributed by atoms with Gasteiger partial charge >= 0.3 is 11.9 Å². The first-order valence-corrected chi connectivity index (χ1v) is 4.77. The Morgan fingerprint density at radius 2 is 2.00 bits per heavy atom. The van der Waals surface area contributed by atoms with Crippen LogP contribution in [0.15, 0.2) is 12.3 Å². The molecule has 0 amide bonds. The molecule has 0 aromatic carbocycles. The van der Waals surface area contributed by atoms with Crippen molar-refractivity contribution in [1.29, 1.82) is 0 Å². The third-order valence-corrected chi connectivity index (χ3v) is 1.67. The minimum atomic E-state index is -1.57. The highest BCUT2D eigenvalue weighted by atomic mass is 16.6. The minimum Gasteiger partial charge on any atom is -0.473 e. The molecule has 0 aromatic heterocycles. The van der Waals surface area contributed by atoms with Gasteiger partial charge in [-0.2, -0.15) is 0 Å². The topological polar surface area (TPSA) is 63.6 Å². The van der Waals surface area contributed by atoms with Gasteiger partial charge in [0.15, 0.2) is 0 Å². The van der Waals surface area contributed by atoms with Crippen molar-refractivity contribution in [1.82, 2.24) is 0 Å². The van der Waals surface area contributed by atoms with Crippen molar-refractivity contribution in [2.45, 2.75) is 39.0 Å². The van der Waals surface area contributed by atoms with Crippen LogP contribution in [0.3, 0.4) is 0 Å². The molecular weight excluding hydrogens is 184 g/mol. The molecule has 0 aromatic rings. The minimum absolute atomic E-state index is 0.812. The monoisotopic (exact) mass is 200 g/mol.